The number of carbonyl (C=O) groups excluding carboxylic acids is 1. The number of nitrogens with zero attached hydrogens (tertiary/aromatic N) is 1. The lowest BCUT2D eigenvalue weighted by Crippen LogP contribution is -2.40. The molecule has 1 atom stereocenters. The molecule has 102 valence electrons. The van der Waals surface area contributed by atoms with Crippen molar-refractivity contribution in [2.75, 3.05) is 0 Å². The van der Waals surface area contributed by atoms with E-state index in [-0.39, 0.29) is 10.9 Å². The number of amides is 1. The molecule has 3 nitrogen and oxygen atoms in total. The number of carbonyl (C=O) groups is 1. The third kappa shape index (κ3) is 1.86. The van der Waals surface area contributed by atoms with E-state index in [1.54, 1.807) is 0 Å². The Balaban J connectivity index is 2.34. The number of benzene rings is 2. The van der Waals surface area contributed by atoms with Crippen LogP contribution < -0.4 is 5.32 Å². The quantitative estimate of drug-likeness (QED) is 0.866. The first-order valence-electron chi connectivity index (χ1n) is 6.57. The molecule has 0 saturated carbocycles. The van der Waals surface area contributed by atoms with E-state index in [0.717, 1.165) is 11.1 Å². The monoisotopic (exact) mass is 292 g/mol. The van der Waals surface area contributed by atoms with Gasteiger partial charge in [-0.05, 0) is 11.1 Å². The summed E-state index contributed by atoms with van der Waals surface area (Å²) in [6.45, 7) is 0. The highest BCUT2D eigenvalue weighted by Crippen LogP contribution is 2.43. The van der Waals surface area contributed by atoms with E-state index in [0.29, 0.717) is 0 Å². The second kappa shape index (κ2) is 5.12. The molecule has 0 spiro atoms. The molecule has 1 aliphatic heterocycles. The Bertz CT molecular complexity index is 695. The highest BCUT2D eigenvalue weighted by atomic mass is 32.1. The molecule has 1 saturated heterocycles. The van der Waals surface area contributed by atoms with Crippen LogP contribution in [0, 0.1) is 17.2 Å². The largest absolute Gasteiger partial charge is 0.318 e. The Morgan fingerprint density at radius 1 is 1.00 bits per heavy atom. The zero-order valence-corrected chi connectivity index (χ0v) is 11.9. The Kier molecular flexibility index (Phi) is 3.28. The van der Waals surface area contributed by atoms with Gasteiger partial charge in [-0.1, -0.05) is 72.9 Å². The van der Waals surface area contributed by atoms with Gasteiger partial charge in [-0.25, -0.2) is 0 Å². The molecule has 0 aromatic heterocycles. The molecule has 1 unspecified atom stereocenters. The van der Waals surface area contributed by atoms with E-state index in [2.05, 4.69) is 11.4 Å². The van der Waals surface area contributed by atoms with E-state index in [4.69, 9.17) is 12.2 Å². The van der Waals surface area contributed by atoms with Gasteiger partial charge in [0.25, 0.3) is 0 Å². The van der Waals surface area contributed by atoms with Gasteiger partial charge < -0.3 is 5.32 Å². The van der Waals surface area contributed by atoms with Crippen molar-refractivity contribution < 1.29 is 4.79 Å². The van der Waals surface area contributed by atoms with Crippen LogP contribution in [-0.4, -0.2) is 10.9 Å². The fourth-order valence-electron chi connectivity index (χ4n) is 2.93. The van der Waals surface area contributed by atoms with Crippen LogP contribution in [0.4, 0.5) is 0 Å². The lowest BCUT2D eigenvalue weighted by Gasteiger charge is -2.29. The Morgan fingerprint density at radius 3 is 1.90 bits per heavy atom. The summed E-state index contributed by atoms with van der Waals surface area (Å²) in [5.74, 6) is -0.943. The Labute approximate surface area is 128 Å². The Hall–Kier alpha value is -2.51. The van der Waals surface area contributed by atoms with E-state index in [1.807, 2.05) is 60.7 Å². The average molecular weight is 292 g/mol. The van der Waals surface area contributed by atoms with E-state index < -0.39 is 11.3 Å². The van der Waals surface area contributed by atoms with Crippen LogP contribution in [0.3, 0.4) is 0 Å². The summed E-state index contributed by atoms with van der Waals surface area (Å²) in [6, 6.07) is 20.9. The summed E-state index contributed by atoms with van der Waals surface area (Å²) in [6.07, 6.45) is 0. The van der Waals surface area contributed by atoms with Gasteiger partial charge in [-0.3, -0.25) is 4.79 Å². The number of nitriles is 1. The van der Waals surface area contributed by atoms with Crippen LogP contribution in [0.5, 0.6) is 0 Å². The second-order valence-electron chi connectivity index (χ2n) is 4.92. The molecular weight excluding hydrogens is 280 g/mol. The van der Waals surface area contributed by atoms with Crippen molar-refractivity contribution in [2.45, 2.75) is 5.41 Å². The summed E-state index contributed by atoms with van der Waals surface area (Å²) < 4.78 is 0. The number of hydrogen-bond donors (Lipinski definition) is 1. The molecular formula is C17H12N2OS. The van der Waals surface area contributed by atoms with Crippen molar-refractivity contribution in [3.63, 3.8) is 0 Å². The van der Waals surface area contributed by atoms with Gasteiger partial charge in [0, 0.05) is 0 Å². The molecule has 1 aliphatic rings. The topological polar surface area (TPSA) is 52.9 Å². The lowest BCUT2D eigenvalue weighted by molar-refractivity contribution is -0.122. The summed E-state index contributed by atoms with van der Waals surface area (Å²) in [5, 5.41) is 12.3. The van der Waals surface area contributed by atoms with Crippen LogP contribution in [0.1, 0.15) is 11.1 Å². The number of hydrogen-bond acceptors (Lipinski definition) is 3. The first-order chi connectivity index (χ1) is 10.2. The molecule has 21 heavy (non-hydrogen) atoms. The highest BCUT2D eigenvalue weighted by Gasteiger charge is 2.56. The predicted octanol–water partition coefficient (Wildman–Crippen LogP) is 2.57. The molecule has 1 heterocycles. The average Bonchev–Trinajstić information content (AvgIpc) is 2.79. The van der Waals surface area contributed by atoms with Gasteiger partial charge >= 0.3 is 0 Å². The molecule has 3 rings (SSSR count). The predicted molar refractivity (Wildman–Crippen MR) is 83.5 cm³/mol. The third-order valence-electron chi connectivity index (χ3n) is 3.88. The van der Waals surface area contributed by atoms with Crippen molar-refractivity contribution in [2.24, 2.45) is 5.92 Å². The smallest absolute Gasteiger partial charge is 0.241 e. The zero-order chi connectivity index (χ0) is 14.9. The zero-order valence-electron chi connectivity index (χ0n) is 11.1. The van der Waals surface area contributed by atoms with Crippen molar-refractivity contribution in [3.05, 3.63) is 71.8 Å². The SMILES string of the molecule is N#CC1C(=S)NC(=O)C1(c1ccccc1)c1ccccc1. The third-order valence-corrected chi connectivity index (χ3v) is 4.22. The van der Waals surface area contributed by atoms with Crippen LogP contribution in [0.2, 0.25) is 0 Å². The van der Waals surface area contributed by atoms with Gasteiger partial charge in [-0.2, -0.15) is 5.26 Å². The minimum atomic E-state index is -1.08. The maximum atomic E-state index is 12.7. The molecule has 1 fully saturated rings. The number of thiocarbonyl (C=S) groups is 1. The number of nitrogens with one attached hydrogen (secondary N) is 1. The second-order valence-corrected chi connectivity index (χ2v) is 5.36. The fraction of sp³-hybridized carbons (Fsp3) is 0.118. The molecule has 0 radical (unpaired) electrons. The standard InChI is InChI=1S/C17H12N2OS/c18-11-14-15(21)19-16(20)17(14,12-7-3-1-4-8-12)13-9-5-2-6-10-13/h1-10,14H,(H,19,20,21). The first-order valence-corrected chi connectivity index (χ1v) is 6.98. The summed E-state index contributed by atoms with van der Waals surface area (Å²) in [7, 11) is 0. The maximum absolute atomic E-state index is 12.7. The molecule has 0 bridgehead atoms. The van der Waals surface area contributed by atoms with Gasteiger partial charge in [0.05, 0.1) is 6.07 Å². The Morgan fingerprint density at radius 2 is 1.48 bits per heavy atom. The molecule has 4 heteroatoms. The van der Waals surface area contributed by atoms with Gasteiger partial charge in [0.1, 0.15) is 16.3 Å². The maximum Gasteiger partial charge on any atom is 0.241 e. The van der Waals surface area contributed by atoms with E-state index in [9.17, 15) is 10.1 Å². The van der Waals surface area contributed by atoms with Crippen molar-refractivity contribution in [1.29, 1.82) is 5.26 Å². The lowest BCUT2D eigenvalue weighted by atomic mass is 9.67. The first kappa shape index (κ1) is 13.5. The van der Waals surface area contributed by atoms with E-state index >= 15 is 0 Å². The van der Waals surface area contributed by atoms with Crippen LogP contribution in [0.25, 0.3) is 0 Å². The normalized spacial score (nSPS) is 19.9. The molecule has 2 aromatic carbocycles. The number of rotatable bonds is 2. The molecule has 0 aliphatic carbocycles. The minimum Gasteiger partial charge on any atom is -0.318 e. The molecule has 1 amide bonds. The molecule has 1 N–H and O–H groups in total. The van der Waals surface area contributed by atoms with Crippen molar-refractivity contribution in [3.8, 4) is 6.07 Å². The summed E-state index contributed by atoms with van der Waals surface area (Å²) >= 11 is 5.21. The van der Waals surface area contributed by atoms with Gasteiger partial charge in [-0.15, -0.1) is 0 Å². The van der Waals surface area contributed by atoms with Crippen LogP contribution >= 0.6 is 12.2 Å². The molecule has 2 aromatic rings. The van der Waals surface area contributed by atoms with Crippen LogP contribution in [0.15, 0.2) is 60.7 Å². The van der Waals surface area contributed by atoms with E-state index in [1.165, 1.54) is 0 Å². The summed E-state index contributed by atoms with van der Waals surface area (Å²) in [5.41, 5.74) is 0.481. The minimum absolute atomic E-state index is 0.239. The van der Waals surface area contributed by atoms with Gasteiger partial charge in [0.15, 0.2) is 0 Å². The highest BCUT2D eigenvalue weighted by molar-refractivity contribution is 7.80. The van der Waals surface area contributed by atoms with Crippen molar-refractivity contribution >= 4 is 23.1 Å². The van der Waals surface area contributed by atoms with Crippen molar-refractivity contribution in [1.82, 2.24) is 5.32 Å². The summed E-state index contributed by atoms with van der Waals surface area (Å²) in [4.78, 5) is 13.0. The fourth-order valence-corrected chi connectivity index (χ4v) is 3.25. The van der Waals surface area contributed by atoms with Crippen LogP contribution in [-0.2, 0) is 10.2 Å². The van der Waals surface area contributed by atoms with Gasteiger partial charge in [0.2, 0.25) is 5.91 Å².